The SMILES string of the molecule is CNS(=O)(=O)/C=C/[C@@H](C)NC(=O)OC(C)(C)C. The summed E-state index contributed by atoms with van der Waals surface area (Å²) < 4.78 is 29.3. The summed E-state index contributed by atoms with van der Waals surface area (Å²) >= 11 is 0. The maximum absolute atomic E-state index is 11.3. The summed E-state index contributed by atoms with van der Waals surface area (Å²) in [4.78, 5) is 11.3. The quantitative estimate of drug-likeness (QED) is 0.792. The lowest BCUT2D eigenvalue weighted by Gasteiger charge is -2.20. The van der Waals surface area contributed by atoms with Crippen molar-refractivity contribution in [2.45, 2.75) is 39.3 Å². The molecule has 1 amide bonds. The molecule has 0 aromatic carbocycles. The predicted octanol–water partition coefficient (Wildman–Crippen LogP) is 0.962. The van der Waals surface area contributed by atoms with E-state index in [9.17, 15) is 13.2 Å². The molecule has 0 radical (unpaired) electrons. The molecule has 0 aromatic rings. The van der Waals surface area contributed by atoms with Gasteiger partial charge in [0.1, 0.15) is 5.60 Å². The Balaban J connectivity index is 4.29. The minimum Gasteiger partial charge on any atom is -0.444 e. The Kier molecular flexibility index (Phi) is 5.63. The highest BCUT2D eigenvalue weighted by Crippen LogP contribution is 2.06. The lowest BCUT2D eigenvalue weighted by molar-refractivity contribution is 0.0518. The van der Waals surface area contributed by atoms with Crippen LogP contribution in [0.1, 0.15) is 27.7 Å². The van der Waals surface area contributed by atoms with Crippen LogP contribution in [-0.2, 0) is 14.8 Å². The van der Waals surface area contributed by atoms with Gasteiger partial charge in [0.25, 0.3) is 0 Å². The molecular weight excluding hydrogens is 244 g/mol. The molecule has 2 N–H and O–H groups in total. The summed E-state index contributed by atoms with van der Waals surface area (Å²) in [6.45, 7) is 6.89. The molecule has 0 aliphatic rings. The van der Waals surface area contributed by atoms with Gasteiger partial charge < -0.3 is 10.1 Å². The van der Waals surface area contributed by atoms with E-state index in [2.05, 4.69) is 10.0 Å². The number of nitrogens with one attached hydrogen (secondary N) is 2. The molecule has 0 aliphatic heterocycles. The fourth-order valence-electron chi connectivity index (χ4n) is 0.831. The molecule has 0 aliphatic carbocycles. The van der Waals surface area contributed by atoms with Crippen molar-refractivity contribution in [2.75, 3.05) is 7.05 Å². The minimum atomic E-state index is -3.41. The van der Waals surface area contributed by atoms with Gasteiger partial charge in [-0.1, -0.05) is 0 Å². The smallest absolute Gasteiger partial charge is 0.408 e. The first kappa shape index (κ1) is 15.9. The van der Waals surface area contributed by atoms with Crippen LogP contribution < -0.4 is 10.0 Å². The lowest BCUT2D eigenvalue weighted by atomic mass is 10.2. The maximum Gasteiger partial charge on any atom is 0.408 e. The van der Waals surface area contributed by atoms with Crippen molar-refractivity contribution in [1.82, 2.24) is 10.0 Å². The highest BCUT2D eigenvalue weighted by atomic mass is 32.2. The number of hydrogen-bond acceptors (Lipinski definition) is 4. The molecule has 17 heavy (non-hydrogen) atoms. The first-order valence-electron chi connectivity index (χ1n) is 5.17. The van der Waals surface area contributed by atoms with E-state index in [0.29, 0.717) is 0 Å². The van der Waals surface area contributed by atoms with Gasteiger partial charge in [0, 0.05) is 11.4 Å². The van der Waals surface area contributed by atoms with Crippen molar-refractivity contribution in [3.8, 4) is 0 Å². The van der Waals surface area contributed by atoms with Crippen LogP contribution >= 0.6 is 0 Å². The van der Waals surface area contributed by atoms with Crippen LogP contribution in [-0.4, -0.2) is 33.2 Å². The first-order valence-corrected chi connectivity index (χ1v) is 6.71. The zero-order valence-corrected chi connectivity index (χ0v) is 11.6. The number of carbonyl (C=O) groups excluding carboxylic acids is 1. The molecule has 0 unspecified atom stereocenters. The molecule has 6 nitrogen and oxygen atoms in total. The normalized spacial score (nSPS) is 14.6. The van der Waals surface area contributed by atoms with E-state index in [4.69, 9.17) is 4.74 Å². The Labute approximate surface area is 102 Å². The molecule has 0 aromatic heterocycles. The van der Waals surface area contributed by atoms with E-state index < -0.39 is 27.8 Å². The fourth-order valence-corrected chi connectivity index (χ4v) is 1.41. The first-order chi connectivity index (χ1) is 7.56. The van der Waals surface area contributed by atoms with E-state index in [0.717, 1.165) is 5.41 Å². The summed E-state index contributed by atoms with van der Waals surface area (Å²) in [7, 11) is -2.10. The Morgan fingerprint density at radius 3 is 2.29 bits per heavy atom. The van der Waals surface area contributed by atoms with Crippen molar-refractivity contribution in [2.24, 2.45) is 0 Å². The largest absolute Gasteiger partial charge is 0.444 e. The second-order valence-corrected chi connectivity index (χ2v) is 6.28. The predicted molar refractivity (Wildman–Crippen MR) is 66.0 cm³/mol. The van der Waals surface area contributed by atoms with Gasteiger partial charge in [-0.2, -0.15) is 0 Å². The van der Waals surface area contributed by atoms with Crippen LogP contribution in [0.3, 0.4) is 0 Å². The summed E-state index contributed by atoms with van der Waals surface area (Å²) in [5, 5.41) is 3.49. The topological polar surface area (TPSA) is 84.5 Å². The molecule has 0 spiro atoms. The highest BCUT2D eigenvalue weighted by molar-refractivity contribution is 7.92. The average molecular weight is 264 g/mol. The molecule has 0 bridgehead atoms. The van der Waals surface area contributed by atoms with Gasteiger partial charge in [0.15, 0.2) is 0 Å². The van der Waals surface area contributed by atoms with E-state index >= 15 is 0 Å². The molecule has 0 heterocycles. The number of hydrogen-bond donors (Lipinski definition) is 2. The number of sulfonamides is 1. The van der Waals surface area contributed by atoms with Crippen LogP contribution in [0.25, 0.3) is 0 Å². The lowest BCUT2D eigenvalue weighted by Crippen LogP contribution is -2.36. The second kappa shape index (κ2) is 6.02. The van der Waals surface area contributed by atoms with Crippen LogP contribution in [0.15, 0.2) is 11.5 Å². The van der Waals surface area contributed by atoms with E-state index in [1.807, 2.05) is 0 Å². The molecule has 1 atom stereocenters. The van der Waals surface area contributed by atoms with Crippen LogP contribution in [0.4, 0.5) is 4.79 Å². The molecule has 7 heteroatoms. The summed E-state index contributed by atoms with van der Waals surface area (Å²) in [5.41, 5.74) is -0.579. The van der Waals surface area contributed by atoms with Gasteiger partial charge in [-0.3, -0.25) is 0 Å². The van der Waals surface area contributed by atoms with Crippen molar-refractivity contribution >= 4 is 16.1 Å². The number of rotatable bonds is 4. The van der Waals surface area contributed by atoms with Gasteiger partial charge in [-0.25, -0.2) is 17.9 Å². The van der Waals surface area contributed by atoms with Crippen LogP contribution in [0, 0.1) is 0 Å². The molecule has 0 saturated heterocycles. The number of amides is 1. The van der Waals surface area contributed by atoms with Crippen LogP contribution in [0.2, 0.25) is 0 Å². The Morgan fingerprint density at radius 1 is 1.35 bits per heavy atom. The van der Waals surface area contributed by atoms with E-state index in [-0.39, 0.29) is 0 Å². The summed E-state index contributed by atoms with van der Waals surface area (Å²) in [6, 6.07) is -0.437. The number of alkyl carbamates (subject to hydrolysis) is 1. The third kappa shape index (κ3) is 8.70. The van der Waals surface area contributed by atoms with Gasteiger partial charge in [0.05, 0.1) is 0 Å². The Morgan fingerprint density at radius 2 is 1.88 bits per heavy atom. The monoisotopic (exact) mass is 264 g/mol. The van der Waals surface area contributed by atoms with Crippen molar-refractivity contribution in [3.63, 3.8) is 0 Å². The standard InChI is InChI=1S/C10H20N2O4S/c1-8(6-7-17(14,15)11-5)12-9(13)16-10(2,3)4/h6-8,11H,1-5H3,(H,12,13)/b7-6+/t8-/m1/s1. The molecular formula is C10H20N2O4S. The molecule has 0 fully saturated rings. The van der Waals surface area contributed by atoms with Gasteiger partial charge in [-0.05, 0) is 40.8 Å². The van der Waals surface area contributed by atoms with Crippen molar-refractivity contribution in [3.05, 3.63) is 11.5 Å². The van der Waals surface area contributed by atoms with Crippen molar-refractivity contribution < 1.29 is 17.9 Å². The maximum atomic E-state index is 11.3. The Bertz CT molecular complexity index is 382. The second-order valence-electron chi connectivity index (χ2n) is 4.51. The van der Waals surface area contributed by atoms with Crippen molar-refractivity contribution in [1.29, 1.82) is 0 Å². The highest BCUT2D eigenvalue weighted by Gasteiger charge is 2.16. The van der Waals surface area contributed by atoms with Gasteiger partial charge in [-0.15, -0.1) is 0 Å². The average Bonchev–Trinajstić information content (AvgIpc) is 2.12. The number of carbonyl (C=O) groups is 1. The zero-order chi connectivity index (χ0) is 13.7. The molecule has 0 rings (SSSR count). The zero-order valence-electron chi connectivity index (χ0n) is 10.8. The third-order valence-electron chi connectivity index (χ3n) is 1.58. The van der Waals surface area contributed by atoms with E-state index in [1.54, 1.807) is 27.7 Å². The van der Waals surface area contributed by atoms with E-state index in [1.165, 1.54) is 13.1 Å². The van der Waals surface area contributed by atoms with Crippen LogP contribution in [0.5, 0.6) is 0 Å². The summed E-state index contributed by atoms with van der Waals surface area (Å²) in [6.07, 6.45) is 0.770. The Hall–Kier alpha value is -1.08. The third-order valence-corrected chi connectivity index (χ3v) is 2.66. The molecule has 0 saturated carbocycles. The van der Waals surface area contributed by atoms with Gasteiger partial charge >= 0.3 is 6.09 Å². The molecule has 100 valence electrons. The number of ether oxygens (including phenoxy) is 1. The summed E-state index contributed by atoms with van der Waals surface area (Å²) in [5.74, 6) is 0. The fraction of sp³-hybridized carbons (Fsp3) is 0.700. The van der Waals surface area contributed by atoms with Gasteiger partial charge in [0.2, 0.25) is 10.0 Å². The minimum absolute atomic E-state index is 0.437.